The molecule has 0 radical (unpaired) electrons. The van der Waals surface area contributed by atoms with Gasteiger partial charge in [-0.3, -0.25) is 0 Å². The van der Waals surface area contributed by atoms with Gasteiger partial charge in [0.15, 0.2) is 0 Å². The summed E-state index contributed by atoms with van der Waals surface area (Å²) < 4.78 is 5.79. The van der Waals surface area contributed by atoms with Crippen LogP contribution >= 0.6 is 0 Å². The Labute approximate surface area is 79.7 Å². The van der Waals surface area contributed by atoms with E-state index < -0.39 is 0 Å². The van der Waals surface area contributed by atoms with Gasteiger partial charge in [0.05, 0.1) is 12.2 Å². The first-order valence-electron chi connectivity index (χ1n) is 4.98. The molecule has 1 heterocycles. The number of hydrogen-bond acceptors (Lipinski definition) is 1. The topological polar surface area (TPSA) is 9.23 Å². The van der Waals surface area contributed by atoms with Crippen LogP contribution in [0.4, 0.5) is 0 Å². The summed E-state index contributed by atoms with van der Waals surface area (Å²) >= 11 is 0. The van der Waals surface area contributed by atoms with E-state index in [1.54, 1.807) is 0 Å². The molecule has 1 heteroatoms. The van der Waals surface area contributed by atoms with Gasteiger partial charge in [-0.15, -0.1) is 0 Å². The maximum Gasteiger partial charge on any atom is 0.0829 e. The van der Waals surface area contributed by atoms with E-state index in [1.165, 1.54) is 24.0 Å². The van der Waals surface area contributed by atoms with Gasteiger partial charge in [0.25, 0.3) is 0 Å². The highest BCUT2D eigenvalue weighted by Gasteiger charge is 2.22. The van der Waals surface area contributed by atoms with Crippen molar-refractivity contribution in [2.24, 2.45) is 0 Å². The molecular formula is C12H16O. The zero-order valence-corrected chi connectivity index (χ0v) is 8.29. The lowest BCUT2D eigenvalue weighted by Gasteiger charge is -2.11. The van der Waals surface area contributed by atoms with Crippen LogP contribution in [-0.2, 0) is 4.74 Å². The van der Waals surface area contributed by atoms with Crippen molar-refractivity contribution in [1.29, 1.82) is 0 Å². The Morgan fingerprint density at radius 1 is 1.15 bits per heavy atom. The first-order chi connectivity index (χ1) is 6.25. The van der Waals surface area contributed by atoms with Gasteiger partial charge in [0, 0.05) is 0 Å². The Bertz CT molecular complexity index is 276. The highest BCUT2D eigenvalue weighted by Crippen LogP contribution is 2.32. The quantitative estimate of drug-likeness (QED) is 0.638. The molecular weight excluding hydrogens is 160 g/mol. The molecule has 70 valence electrons. The fourth-order valence-electron chi connectivity index (χ4n) is 1.83. The van der Waals surface area contributed by atoms with Crippen LogP contribution < -0.4 is 0 Å². The fourth-order valence-corrected chi connectivity index (χ4v) is 1.83. The molecule has 0 aromatic heterocycles. The number of aryl methyl sites for hydroxylation is 1. The Balaban J connectivity index is 2.13. The van der Waals surface area contributed by atoms with Crippen LogP contribution in [0.15, 0.2) is 24.3 Å². The lowest BCUT2D eigenvalue weighted by Crippen LogP contribution is -2.00. The van der Waals surface area contributed by atoms with E-state index in [0.29, 0.717) is 12.2 Å². The van der Waals surface area contributed by atoms with Crippen LogP contribution in [0.5, 0.6) is 0 Å². The highest BCUT2D eigenvalue weighted by atomic mass is 16.5. The second-order valence-corrected chi connectivity index (χ2v) is 3.92. The average molecular weight is 176 g/mol. The molecule has 1 aromatic rings. The van der Waals surface area contributed by atoms with E-state index in [9.17, 15) is 0 Å². The maximum atomic E-state index is 5.79. The Morgan fingerprint density at radius 3 is 2.38 bits per heavy atom. The Hall–Kier alpha value is -0.820. The molecule has 1 saturated heterocycles. The third-order valence-corrected chi connectivity index (χ3v) is 2.68. The fraction of sp³-hybridized carbons (Fsp3) is 0.500. The van der Waals surface area contributed by atoms with Gasteiger partial charge in [-0.25, -0.2) is 0 Å². The minimum Gasteiger partial charge on any atom is -0.371 e. The SMILES string of the molecule is Cc1ccc(C2CCC(C)O2)cc1. The highest BCUT2D eigenvalue weighted by molar-refractivity contribution is 5.23. The van der Waals surface area contributed by atoms with Crippen LogP contribution in [0.1, 0.15) is 37.0 Å². The molecule has 0 bridgehead atoms. The van der Waals surface area contributed by atoms with E-state index >= 15 is 0 Å². The predicted molar refractivity (Wildman–Crippen MR) is 53.7 cm³/mol. The third-order valence-electron chi connectivity index (χ3n) is 2.68. The van der Waals surface area contributed by atoms with Crippen molar-refractivity contribution in [3.8, 4) is 0 Å². The molecule has 2 atom stereocenters. The Morgan fingerprint density at radius 2 is 1.85 bits per heavy atom. The van der Waals surface area contributed by atoms with E-state index in [1.807, 2.05) is 0 Å². The van der Waals surface area contributed by atoms with Crippen molar-refractivity contribution < 1.29 is 4.74 Å². The van der Waals surface area contributed by atoms with Crippen molar-refractivity contribution in [2.45, 2.75) is 38.9 Å². The van der Waals surface area contributed by atoms with E-state index in [-0.39, 0.29) is 0 Å². The number of benzene rings is 1. The number of hydrogen-bond donors (Lipinski definition) is 0. The molecule has 2 unspecified atom stereocenters. The summed E-state index contributed by atoms with van der Waals surface area (Å²) in [4.78, 5) is 0. The number of rotatable bonds is 1. The van der Waals surface area contributed by atoms with Crippen molar-refractivity contribution in [2.75, 3.05) is 0 Å². The second-order valence-electron chi connectivity index (χ2n) is 3.92. The standard InChI is InChI=1S/C12H16O/c1-9-3-6-11(7-4-9)12-8-5-10(2)13-12/h3-4,6-7,10,12H,5,8H2,1-2H3. The third kappa shape index (κ3) is 1.92. The van der Waals surface area contributed by atoms with Crippen molar-refractivity contribution in [1.82, 2.24) is 0 Å². The average Bonchev–Trinajstić information content (AvgIpc) is 2.53. The molecule has 1 aromatic carbocycles. The summed E-state index contributed by atoms with van der Waals surface area (Å²) in [6.07, 6.45) is 3.14. The minimum atomic E-state index is 0.343. The lowest BCUT2D eigenvalue weighted by atomic mass is 10.1. The van der Waals surface area contributed by atoms with Crippen molar-refractivity contribution >= 4 is 0 Å². The summed E-state index contributed by atoms with van der Waals surface area (Å²) in [5.74, 6) is 0. The summed E-state index contributed by atoms with van der Waals surface area (Å²) in [7, 11) is 0. The van der Waals surface area contributed by atoms with Gasteiger partial charge >= 0.3 is 0 Å². The first kappa shape index (κ1) is 8.76. The summed E-state index contributed by atoms with van der Waals surface area (Å²) in [6, 6.07) is 8.67. The molecule has 0 N–H and O–H groups in total. The molecule has 2 rings (SSSR count). The maximum absolute atomic E-state index is 5.79. The smallest absolute Gasteiger partial charge is 0.0829 e. The van der Waals surface area contributed by atoms with E-state index in [4.69, 9.17) is 4.74 Å². The first-order valence-corrected chi connectivity index (χ1v) is 4.98. The van der Waals surface area contributed by atoms with Crippen LogP contribution in [-0.4, -0.2) is 6.10 Å². The normalized spacial score (nSPS) is 27.8. The Kier molecular flexibility index (Phi) is 2.36. The largest absolute Gasteiger partial charge is 0.371 e. The van der Waals surface area contributed by atoms with E-state index in [2.05, 4.69) is 38.1 Å². The van der Waals surface area contributed by atoms with Gasteiger partial charge in [-0.05, 0) is 32.3 Å². The van der Waals surface area contributed by atoms with Crippen molar-refractivity contribution in [3.05, 3.63) is 35.4 Å². The minimum absolute atomic E-state index is 0.343. The second kappa shape index (κ2) is 3.51. The summed E-state index contributed by atoms with van der Waals surface area (Å²) in [5, 5.41) is 0. The van der Waals surface area contributed by atoms with Gasteiger partial charge in [-0.1, -0.05) is 29.8 Å². The van der Waals surface area contributed by atoms with E-state index in [0.717, 1.165) is 0 Å². The van der Waals surface area contributed by atoms with Crippen LogP contribution in [0.3, 0.4) is 0 Å². The van der Waals surface area contributed by atoms with Crippen LogP contribution in [0.25, 0.3) is 0 Å². The molecule has 0 amide bonds. The monoisotopic (exact) mass is 176 g/mol. The molecule has 1 aliphatic heterocycles. The van der Waals surface area contributed by atoms with Crippen molar-refractivity contribution in [3.63, 3.8) is 0 Å². The summed E-state index contributed by atoms with van der Waals surface area (Å²) in [5.41, 5.74) is 2.64. The van der Waals surface area contributed by atoms with Gasteiger partial charge < -0.3 is 4.74 Å². The zero-order chi connectivity index (χ0) is 9.26. The van der Waals surface area contributed by atoms with Gasteiger partial charge in [0.1, 0.15) is 0 Å². The molecule has 1 fully saturated rings. The lowest BCUT2D eigenvalue weighted by molar-refractivity contribution is 0.0555. The van der Waals surface area contributed by atoms with Gasteiger partial charge in [0.2, 0.25) is 0 Å². The molecule has 13 heavy (non-hydrogen) atoms. The summed E-state index contributed by atoms with van der Waals surface area (Å²) in [6.45, 7) is 4.26. The van der Waals surface area contributed by atoms with Crippen LogP contribution in [0, 0.1) is 6.92 Å². The number of ether oxygens (including phenoxy) is 1. The predicted octanol–water partition coefficient (Wildman–Crippen LogP) is 3.24. The molecule has 0 saturated carbocycles. The molecule has 1 nitrogen and oxygen atoms in total. The molecule has 0 aliphatic carbocycles. The molecule has 0 spiro atoms. The van der Waals surface area contributed by atoms with Crippen LogP contribution in [0.2, 0.25) is 0 Å². The zero-order valence-electron chi connectivity index (χ0n) is 8.29. The molecule has 1 aliphatic rings. The van der Waals surface area contributed by atoms with Gasteiger partial charge in [-0.2, -0.15) is 0 Å².